The van der Waals surface area contributed by atoms with Gasteiger partial charge in [-0.25, -0.2) is 0 Å². The molecule has 76 valence electrons. The number of carbonyl (C=O) groups excluding carboxylic acids is 1. The van der Waals surface area contributed by atoms with Gasteiger partial charge in [-0.15, -0.1) is 0 Å². The summed E-state index contributed by atoms with van der Waals surface area (Å²) in [5.41, 5.74) is 2.05. The molecule has 0 atom stereocenters. The van der Waals surface area contributed by atoms with Gasteiger partial charge in [0, 0.05) is 11.4 Å². The third-order valence-electron chi connectivity index (χ3n) is 1.90. The van der Waals surface area contributed by atoms with Gasteiger partial charge in [0.1, 0.15) is 5.78 Å². The molecule has 0 spiro atoms. The van der Waals surface area contributed by atoms with Gasteiger partial charge in [-0.1, -0.05) is 23.7 Å². The first kappa shape index (κ1) is 11.6. The molecule has 1 rings (SSSR count). The molecule has 14 heavy (non-hydrogen) atoms. The Morgan fingerprint density at radius 3 is 2.79 bits per heavy atom. The van der Waals surface area contributed by atoms with E-state index in [0.717, 1.165) is 11.1 Å². The van der Waals surface area contributed by atoms with Crippen molar-refractivity contribution in [2.24, 2.45) is 0 Å². The highest BCUT2D eigenvalue weighted by molar-refractivity contribution is 7.99. The lowest BCUT2D eigenvalue weighted by atomic mass is 10.1. The fourth-order valence-corrected chi connectivity index (χ4v) is 1.95. The summed E-state index contributed by atoms with van der Waals surface area (Å²) in [4.78, 5) is 11.4. The molecule has 0 amide bonds. The van der Waals surface area contributed by atoms with E-state index in [1.165, 1.54) is 0 Å². The predicted molar refractivity (Wildman–Crippen MR) is 63.3 cm³/mol. The van der Waals surface area contributed by atoms with E-state index < -0.39 is 0 Å². The molecule has 0 bridgehead atoms. The van der Waals surface area contributed by atoms with E-state index in [1.807, 2.05) is 31.4 Å². The summed E-state index contributed by atoms with van der Waals surface area (Å²) in [5.74, 6) is 0.785. The van der Waals surface area contributed by atoms with Crippen LogP contribution in [0.2, 0.25) is 5.02 Å². The minimum absolute atomic E-state index is 0.225. The van der Waals surface area contributed by atoms with Gasteiger partial charge in [-0.3, -0.25) is 4.79 Å². The molecular formula is C11H13ClOS. The maximum absolute atomic E-state index is 11.4. The summed E-state index contributed by atoms with van der Waals surface area (Å²) in [5, 5.41) is 0.694. The average Bonchev–Trinajstić information content (AvgIpc) is 2.10. The van der Waals surface area contributed by atoms with Gasteiger partial charge in [0.25, 0.3) is 0 Å². The van der Waals surface area contributed by atoms with Crippen LogP contribution >= 0.6 is 23.4 Å². The number of halogens is 1. The van der Waals surface area contributed by atoms with E-state index >= 15 is 0 Å². The number of aryl methyl sites for hydroxylation is 1. The molecule has 0 fully saturated rings. The molecule has 0 N–H and O–H groups in total. The minimum atomic E-state index is 0.225. The Morgan fingerprint density at radius 2 is 2.21 bits per heavy atom. The summed E-state index contributed by atoms with van der Waals surface area (Å²) in [6.07, 6.45) is 2.37. The third-order valence-corrected chi connectivity index (χ3v) is 2.86. The van der Waals surface area contributed by atoms with Crippen molar-refractivity contribution in [2.75, 3.05) is 12.0 Å². The highest BCUT2D eigenvalue weighted by Crippen LogP contribution is 2.18. The van der Waals surface area contributed by atoms with E-state index in [-0.39, 0.29) is 5.78 Å². The van der Waals surface area contributed by atoms with E-state index in [2.05, 4.69) is 0 Å². The lowest BCUT2D eigenvalue weighted by molar-refractivity contribution is -0.115. The van der Waals surface area contributed by atoms with Gasteiger partial charge in [-0.2, -0.15) is 11.8 Å². The standard InChI is InChI=1S/C11H13ClOS/c1-8-3-4-9(11(12)5-8)6-10(13)7-14-2/h3-5H,6-7H2,1-2H3. The number of thioether (sulfide) groups is 1. The van der Waals surface area contributed by atoms with Gasteiger partial charge in [0.2, 0.25) is 0 Å². The second-order valence-corrected chi connectivity index (χ2v) is 4.52. The van der Waals surface area contributed by atoms with Crippen molar-refractivity contribution in [1.82, 2.24) is 0 Å². The molecule has 3 heteroatoms. The number of carbonyl (C=O) groups is 1. The molecule has 0 aliphatic rings. The Kier molecular flexibility index (Phi) is 4.49. The van der Waals surface area contributed by atoms with Crippen molar-refractivity contribution < 1.29 is 4.79 Å². The Hall–Kier alpha value is -0.470. The van der Waals surface area contributed by atoms with Gasteiger partial charge in [0.05, 0.1) is 5.75 Å². The van der Waals surface area contributed by atoms with Crippen molar-refractivity contribution in [3.05, 3.63) is 34.3 Å². The maximum Gasteiger partial charge on any atom is 0.147 e. The fraction of sp³-hybridized carbons (Fsp3) is 0.364. The fourth-order valence-electron chi connectivity index (χ4n) is 1.22. The van der Waals surface area contributed by atoms with Crippen LogP contribution in [0, 0.1) is 6.92 Å². The largest absolute Gasteiger partial charge is 0.298 e. The normalized spacial score (nSPS) is 10.2. The molecule has 1 nitrogen and oxygen atoms in total. The summed E-state index contributed by atoms with van der Waals surface area (Å²) in [6.45, 7) is 1.99. The van der Waals surface area contributed by atoms with Crippen LogP contribution in [-0.4, -0.2) is 17.8 Å². The van der Waals surface area contributed by atoms with Crippen molar-refractivity contribution in [1.29, 1.82) is 0 Å². The Bertz CT molecular complexity index is 336. The number of Topliss-reactive ketones (excluding diaryl/α,β-unsaturated/α-hetero) is 1. The minimum Gasteiger partial charge on any atom is -0.298 e. The number of benzene rings is 1. The summed E-state index contributed by atoms with van der Waals surface area (Å²) in [7, 11) is 0. The van der Waals surface area contributed by atoms with E-state index in [0.29, 0.717) is 17.2 Å². The topological polar surface area (TPSA) is 17.1 Å². The van der Waals surface area contributed by atoms with Gasteiger partial charge in [0.15, 0.2) is 0 Å². The van der Waals surface area contributed by atoms with Gasteiger partial charge < -0.3 is 0 Å². The molecular weight excluding hydrogens is 216 g/mol. The first-order valence-electron chi connectivity index (χ1n) is 4.39. The molecule has 0 heterocycles. The van der Waals surface area contributed by atoms with E-state index in [4.69, 9.17) is 11.6 Å². The van der Waals surface area contributed by atoms with Crippen LogP contribution < -0.4 is 0 Å². The number of hydrogen-bond donors (Lipinski definition) is 0. The zero-order valence-electron chi connectivity index (χ0n) is 8.34. The van der Waals surface area contributed by atoms with Crippen LogP contribution in [0.25, 0.3) is 0 Å². The maximum atomic E-state index is 11.4. The average molecular weight is 229 g/mol. The molecule has 0 saturated carbocycles. The summed E-state index contributed by atoms with van der Waals surface area (Å²) >= 11 is 7.56. The number of ketones is 1. The predicted octanol–water partition coefficient (Wildman–Crippen LogP) is 3.12. The Labute approximate surface area is 93.8 Å². The Morgan fingerprint density at radius 1 is 1.50 bits per heavy atom. The zero-order valence-corrected chi connectivity index (χ0v) is 9.91. The number of hydrogen-bond acceptors (Lipinski definition) is 2. The quantitative estimate of drug-likeness (QED) is 0.788. The molecule has 0 unspecified atom stereocenters. The van der Waals surface area contributed by atoms with Crippen LogP contribution in [-0.2, 0) is 11.2 Å². The molecule has 0 radical (unpaired) electrons. The summed E-state index contributed by atoms with van der Waals surface area (Å²) in [6, 6.07) is 5.80. The van der Waals surface area contributed by atoms with Crippen molar-refractivity contribution in [3.8, 4) is 0 Å². The van der Waals surface area contributed by atoms with Gasteiger partial charge >= 0.3 is 0 Å². The first-order valence-corrected chi connectivity index (χ1v) is 6.16. The monoisotopic (exact) mass is 228 g/mol. The second kappa shape index (κ2) is 5.42. The van der Waals surface area contributed by atoms with Crippen molar-refractivity contribution in [3.63, 3.8) is 0 Å². The highest BCUT2D eigenvalue weighted by Gasteiger charge is 2.06. The van der Waals surface area contributed by atoms with Crippen LogP contribution in [0.4, 0.5) is 0 Å². The Balaban J connectivity index is 2.72. The van der Waals surface area contributed by atoms with Crippen LogP contribution in [0.15, 0.2) is 18.2 Å². The molecule has 1 aromatic rings. The molecule has 0 aromatic heterocycles. The summed E-state index contributed by atoms with van der Waals surface area (Å²) < 4.78 is 0. The van der Waals surface area contributed by atoms with E-state index in [1.54, 1.807) is 11.8 Å². The van der Waals surface area contributed by atoms with Gasteiger partial charge in [-0.05, 0) is 30.4 Å². The molecule has 0 saturated heterocycles. The second-order valence-electron chi connectivity index (χ2n) is 3.24. The molecule has 0 aliphatic heterocycles. The molecule has 0 aliphatic carbocycles. The van der Waals surface area contributed by atoms with E-state index in [9.17, 15) is 4.79 Å². The van der Waals surface area contributed by atoms with Crippen LogP contribution in [0.3, 0.4) is 0 Å². The number of rotatable bonds is 4. The zero-order chi connectivity index (χ0) is 10.6. The smallest absolute Gasteiger partial charge is 0.147 e. The lowest BCUT2D eigenvalue weighted by Gasteiger charge is -2.03. The van der Waals surface area contributed by atoms with Crippen molar-refractivity contribution >= 4 is 29.1 Å². The van der Waals surface area contributed by atoms with Crippen molar-refractivity contribution in [2.45, 2.75) is 13.3 Å². The van der Waals surface area contributed by atoms with Crippen LogP contribution in [0.1, 0.15) is 11.1 Å². The first-order chi connectivity index (χ1) is 6.63. The third kappa shape index (κ3) is 3.35. The molecule has 1 aromatic carbocycles. The van der Waals surface area contributed by atoms with Crippen LogP contribution in [0.5, 0.6) is 0 Å². The SMILES string of the molecule is CSCC(=O)Cc1ccc(C)cc1Cl. The lowest BCUT2D eigenvalue weighted by Crippen LogP contribution is -2.05. The highest BCUT2D eigenvalue weighted by atomic mass is 35.5.